The number of amides is 4. The molecular weight excluding hydrogens is 336 g/mol. The Bertz CT molecular complexity index is 793. The Morgan fingerprint density at radius 3 is 2.62 bits per heavy atom. The zero-order chi connectivity index (χ0) is 18.4. The minimum Gasteiger partial charge on any atom is -0.456 e. The van der Waals surface area contributed by atoms with Gasteiger partial charge in [-0.3, -0.25) is 19.9 Å². The van der Waals surface area contributed by atoms with Crippen molar-refractivity contribution < 1.29 is 19.1 Å². The van der Waals surface area contributed by atoms with Crippen molar-refractivity contribution in [3.8, 4) is 11.5 Å². The number of aromatic nitrogens is 1. The van der Waals surface area contributed by atoms with Crippen molar-refractivity contribution in [3.63, 3.8) is 0 Å². The van der Waals surface area contributed by atoms with Crippen molar-refractivity contribution in [1.82, 2.24) is 20.9 Å². The van der Waals surface area contributed by atoms with Gasteiger partial charge in [0.25, 0.3) is 5.91 Å². The molecule has 1 aromatic heterocycles. The lowest BCUT2D eigenvalue weighted by atomic mass is 10.1. The van der Waals surface area contributed by atoms with Crippen LogP contribution in [0.5, 0.6) is 11.5 Å². The van der Waals surface area contributed by atoms with Gasteiger partial charge in [-0.05, 0) is 36.2 Å². The van der Waals surface area contributed by atoms with Crippen molar-refractivity contribution >= 4 is 17.8 Å². The standard InChI is InChI=1S/C18H18N4O4/c23-16(10-15-17(24)22-18(25)21-15)20-9-7-12-3-5-13(6-4-12)26-14-2-1-8-19-11-14/h1-6,8,11,15H,7,9-10H2,(H,20,23)(H2,21,22,24,25). The minimum atomic E-state index is -0.800. The molecule has 1 fully saturated rings. The van der Waals surface area contributed by atoms with E-state index >= 15 is 0 Å². The van der Waals surface area contributed by atoms with Gasteiger partial charge in [0.15, 0.2) is 0 Å². The third kappa shape index (κ3) is 4.79. The number of carbonyl (C=O) groups excluding carboxylic acids is 3. The molecule has 8 nitrogen and oxygen atoms in total. The van der Waals surface area contributed by atoms with Gasteiger partial charge in [-0.15, -0.1) is 0 Å². The highest BCUT2D eigenvalue weighted by Gasteiger charge is 2.30. The fourth-order valence-electron chi connectivity index (χ4n) is 2.47. The lowest BCUT2D eigenvalue weighted by molar-refractivity contribution is -0.126. The molecule has 134 valence electrons. The number of nitrogens with zero attached hydrogens (tertiary/aromatic N) is 1. The van der Waals surface area contributed by atoms with Crippen LogP contribution in [0.2, 0.25) is 0 Å². The summed E-state index contributed by atoms with van der Waals surface area (Å²) < 4.78 is 5.66. The maximum atomic E-state index is 11.8. The summed E-state index contributed by atoms with van der Waals surface area (Å²) >= 11 is 0. The number of ether oxygens (including phenoxy) is 1. The van der Waals surface area contributed by atoms with Crippen LogP contribution in [0.3, 0.4) is 0 Å². The molecule has 1 aliphatic heterocycles. The maximum absolute atomic E-state index is 11.8. The topological polar surface area (TPSA) is 109 Å². The maximum Gasteiger partial charge on any atom is 0.322 e. The van der Waals surface area contributed by atoms with E-state index in [2.05, 4.69) is 20.9 Å². The van der Waals surface area contributed by atoms with Crippen molar-refractivity contribution in [2.45, 2.75) is 18.9 Å². The number of pyridine rings is 1. The van der Waals surface area contributed by atoms with E-state index in [9.17, 15) is 14.4 Å². The molecule has 1 aliphatic rings. The Morgan fingerprint density at radius 1 is 1.15 bits per heavy atom. The Hall–Kier alpha value is -3.42. The molecule has 4 amide bonds. The first-order valence-corrected chi connectivity index (χ1v) is 8.15. The Kier molecular flexibility index (Phi) is 5.43. The Morgan fingerprint density at radius 2 is 1.96 bits per heavy atom. The van der Waals surface area contributed by atoms with Gasteiger partial charge in [-0.2, -0.15) is 0 Å². The van der Waals surface area contributed by atoms with Crippen molar-refractivity contribution in [3.05, 3.63) is 54.4 Å². The van der Waals surface area contributed by atoms with Crippen LogP contribution in [0.4, 0.5) is 4.79 Å². The number of nitrogens with one attached hydrogen (secondary N) is 3. The number of rotatable bonds is 7. The van der Waals surface area contributed by atoms with Gasteiger partial charge in [0.2, 0.25) is 5.91 Å². The van der Waals surface area contributed by atoms with Crippen LogP contribution in [-0.4, -0.2) is 35.4 Å². The molecule has 0 bridgehead atoms. The minimum absolute atomic E-state index is 0.0739. The molecule has 0 saturated carbocycles. The second-order valence-electron chi connectivity index (χ2n) is 5.75. The zero-order valence-electron chi connectivity index (χ0n) is 13.9. The highest BCUT2D eigenvalue weighted by Crippen LogP contribution is 2.20. The summed E-state index contributed by atoms with van der Waals surface area (Å²) in [5.74, 6) is 0.600. The van der Waals surface area contributed by atoms with Crippen LogP contribution in [0.25, 0.3) is 0 Å². The average Bonchev–Trinajstić information content (AvgIpc) is 2.94. The fraction of sp³-hybridized carbons (Fsp3) is 0.222. The van der Waals surface area contributed by atoms with E-state index in [1.54, 1.807) is 18.5 Å². The second kappa shape index (κ2) is 8.11. The number of carbonyl (C=O) groups is 3. The van der Waals surface area contributed by atoms with Gasteiger partial charge >= 0.3 is 6.03 Å². The molecule has 1 atom stereocenters. The number of hydrogen-bond donors (Lipinski definition) is 3. The molecule has 26 heavy (non-hydrogen) atoms. The van der Waals surface area contributed by atoms with Gasteiger partial charge in [0.05, 0.1) is 12.6 Å². The van der Waals surface area contributed by atoms with Gasteiger partial charge < -0.3 is 15.4 Å². The summed E-state index contributed by atoms with van der Waals surface area (Å²) in [6, 6.07) is 9.79. The summed E-state index contributed by atoms with van der Waals surface area (Å²) in [5, 5.41) is 7.22. The van der Waals surface area contributed by atoms with E-state index in [1.807, 2.05) is 30.3 Å². The first-order chi connectivity index (χ1) is 12.6. The summed E-state index contributed by atoms with van der Waals surface area (Å²) in [4.78, 5) is 38.2. The number of benzene rings is 1. The highest BCUT2D eigenvalue weighted by atomic mass is 16.5. The zero-order valence-corrected chi connectivity index (χ0v) is 13.9. The summed E-state index contributed by atoms with van der Waals surface area (Å²) in [5.41, 5.74) is 1.04. The highest BCUT2D eigenvalue weighted by molar-refractivity contribution is 6.05. The van der Waals surface area contributed by atoms with Gasteiger partial charge in [-0.25, -0.2) is 4.79 Å². The summed E-state index contributed by atoms with van der Waals surface area (Å²) in [7, 11) is 0. The monoisotopic (exact) mass is 354 g/mol. The first kappa shape index (κ1) is 17.4. The van der Waals surface area contributed by atoms with E-state index in [-0.39, 0.29) is 12.3 Å². The van der Waals surface area contributed by atoms with Crippen LogP contribution >= 0.6 is 0 Å². The molecule has 0 aliphatic carbocycles. The second-order valence-corrected chi connectivity index (χ2v) is 5.75. The Balaban J connectivity index is 1.41. The Labute approximate surface area is 150 Å². The molecule has 1 aromatic carbocycles. The smallest absolute Gasteiger partial charge is 0.322 e. The average molecular weight is 354 g/mol. The molecule has 2 aromatic rings. The van der Waals surface area contributed by atoms with Crippen molar-refractivity contribution in [2.75, 3.05) is 6.54 Å². The molecule has 0 radical (unpaired) electrons. The lowest BCUT2D eigenvalue weighted by Gasteiger charge is -2.09. The van der Waals surface area contributed by atoms with Crippen LogP contribution in [-0.2, 0) is 16.0 Å². The summed E-state index contributed by atoms with van der Waals surface area (Å²) in [6.45, 7) is 0.434. The van der Waals surface area contributed by atoms with Crippen LogP contribution in [0.1, 0.15) is 12.0 Å². The fourth-order valence-corrected chi connectivity index (χ4v) is 2.47. The quantitative estimate of drug-likeness (QED) is 0.646. The number of hydrogen-bond acceptors (Lipinski definition) is 5. The van der Waals surface area contributed by atoms with E-state index in [0.29, 0.717) is 24.5 Å². The number of imide groups is 1. The van der Waals surface area contributed by atoms with E-state index < -0.39 is 18.0 Å². The van der Waals surface area contributed by atoms with Gasteiger partial charge in [0, 0.05) is 12.7 Å². The van der Waals surface area contributed by atoms with Crippen molar-refractivity contribution in [2.24, 2.45) is 0 Å². The van der Waals surface area contributed by atoms with E-state index in [0.717, 1.165) is 5.56 Å². The molecule has 8 heteroatoms. The van der Waals surface area contributed by atoms with Gasteiger partial charge in [-0.1, -0.05) is 12.1 Å². The predicted octanol–water partition coefficient (Wildman–Crippen LogP) is 1.13. The van der Waals surface area contributed by atoms with Crippen molar-refractivity contribution in [1.29, 1.82) is 0 Å². The first-order valence-electron chi connectivity index (χ1n) is 8.15. The molecule has 3 rings (SSSR count). The third-order valence-corrected chi connectivity index (χ3v) is 3.78. The SMILES string of the molecule is O=C(CC1NC(=O)NC1=O)NCCc1ccc(Oc2cccnc2)cc1. The molecule has 1 unspecified atom stereocenters. The molecule has 3 N–H and O–H groups in total. The largest absolute Gasteiger partial charge is 0.456 e. The van der Waals surface area contributed by atoms with Crippen LogP contribution in [0.15, 0.2) is 48.8 Å². The lowest BCUT2D eigenvalue weighted by Crippen LogP contribution is -2.36. The molecular formula is C18H18N4O4. The van der Waals surface area contributed by atoms with Gasteiger partial charge in [0.1, 0.15) is 17.5 Å². The normalized spacial score (nSPS) is 15.9. The van der Waals surface area contributed by atoms with Crippen LogP contribution in [0, 0.1) is 0 Å². The molecule has 2 heterocycles. The predicted molar refractivity (Wildman–Crippen MR) is 92.5 cm³/mol. The van der Waals surface area contributed by atoms with E-state index in [4.69, 9.17) is 4.74 Å². The summed E-state index contributed by atoms with van der Waals surface area (Å²) in [6.07, 6.45) is 3.88. The van der Waals surface area contributed by atoms with Crippen LogP contribution < -0.4 is 20.7 Å². The molecule has 1 saturated heterocycles. The third-order valence-electron chi connectivity index (χ3n) is 3.78. The molecule has 0 spiro atoms. The van der Waals surface area contributed by atoms with E-state index in [1.165, 1.54) is 0 Å². The number of urea groups is 1.